The van der Waals surface area contributed by atoms with Gasteiger partial charge in [-0.2, -0.15) is 0 Å². The van der Waals surface area contributed by atoms with E-state index in [2.05, 4.69) is 205 Å². The van der Waals surface area contributed by atoms with Crippen molar-refractivity contribution < 1.29 is 9.47 Å². The molecule has 0 atom stereocenters. The number of H-pyrrole nitrogens is 2. The van der Waals surface area contributed by atoms with Crippen LogP contribution in [0.1, 0.15) is 39.5 Å². The van der Waals surface area contributed by atoms with E-state index in [-0.39, 0.29) is 17.5 Å². The van der Waals surface area contributed by atoms with Crippen molar-refractivity contribution in [1.29, 1.82) is 0 Å². The lowest BCUT2D eigenvalue weighted by Gasteiger charge is -2.30. The average molecular weight is 956 g/mol. The Bertz CT molecular complexity index is 4450. The maximum Gasteiger partial charge on any atom is 0.185 e. The molecule has 4 aromatic heterocycles. The number of rotatable bonds is 2. The quantitative estimate of drug-likeness (QED) is 0.167. The number of nitrogens with one attached hydrogen (secondary N) is 2. The first-order chi connectivity index (χ1) is 35.0. The van der Waals surface area contributed by atoms with Crippen LogP contribution in [0.25, 0.3) is 120 Å². The predicted molar refractivity (Wildman–Crippen MR) is 298 cm³/mol. The van der Waals surface area contributed by atoms with E-state index in [4.69, 9.17) is 31.0 Å². The van der Waals surface area contributed by atoms with Crippen molar-refractivity contribution in [3.8, 4) is 11.3 Å². The fourth-order valence-corrected chi connectivity index (χ4v) is 10.1. The molecule has 8 nitrogen and oxygen atoms in total. The lowest BCUT2D eigenvalue weighted by Crippen LogP contribution is -2.41. The molecule has 5 heterocycles. The zero-order valence-corrected chi connectivity index (χ0v) is 40.8. The van der Waals surface area contributed by atoms with Crippen molar-refractivity contribution in [3.63, 3.8) is 0 Å². The highest BCUT2D eigenvalue weighted by atomic mass is 35.5. The molecule has 72 heavy (non-hydrogen) atoms. The van der Waals surface area contributed by atoms with Gasteiger partial charge in [0.05, 0.1) is 51.4 Å². The molecule has 0 saturated carbocycles. The van der Waals surface area contributed by atoms with E-state index in [9.17, 15) is 0 Å². The van der Waals surface area contributed by atoms with Crippen LogP contribution in [0.15, 0.2) is 194 Å². The SMILES string of the molecule is CC1(C)OC(c2ccc3c(c2)[nH]c2cc4ccccc4cc23)OC1(C)C.Clc1cnc2cc3ccccc3cc2n1.c1ccc2cc3nc(-c4ccc5c(c4)[nH]c4cc6ccccc6cc45)cnc3cc2c1. The Morgan fingerprint density at radius 2 is 0.806 bits per heavy atom. The Hall–Kier alpha value is -8.27. The molecule has 10 aromatic carbocycles. The summed E-state index contributed by atoms with van der Waals surface area (Å²) in [6.45, 7) is 8.33. The minimum atomic E-state index is -0.338. The van der Waals surface area contributed by atoms with Gasteiger partial charge in [0.1, 0.15) is 5.15 Å². The minimum absolute atomic E-state index is 0.329. The lowest BCUT2D eigenvalue weighted by molar-refractivity contribution is -0.0895. The number of benzene rings is 10. The number of ether oxygens (including phenoxy) is 2. The molecule has 0 radical (unpaired) electrons. The summed E-state index contributed by atoms with van der Waals surface area (Å²) in [5, 5.41) is 15.1. The maximum absolute atomic E-state index is 6.20. The summed E-state index contributed by atoms with van der Waals surface area (Å²) in [5.41, 5.74) is 10.4. The van der Waals surface area contributed by atoms with E-state index in [1.807, 2.05) is 30.5 Å². The van der Waals surface area contributed by atoms with Crippen molar-refractivity contribution in [2.24, 2.45) is 0 Å². The Morgan fingerprint density at radius 1 is 0.403 bits per heavy atom. The molecule has 348 valence electrons. The van der Waals surface area contributed by atoms with Gasteiger partial charge in [-0.3, -0.25) is 9.97 Å². The number of aromatic amines is 2. The molecule has 1 saturated heterocycles. The topological polar surface area (TPSA) is 102 Å². The lowest BCUT2D eigenvalue weighted by atomic mass is 9.90. The summed E-state index contributed by atoms with van der Waals surface area (Å²) >= 11 is 5.80. The van der Waals surface area contributed by atoms with E-state index in [1.54, 1.807) is 6.20 Å². The van der Waals surface area contributed by atoms with E-state index < -0.39 is 0 Å². The molecule has 1 fully saturated rings. The van der Waals surface area contributed by atoms with Crippen LogP contribution in [-0.2, 0) is 9.47 Å². The molecule has 0 unspecified atom stereocenters. The number of hydrogen-bond acceptors (Lipinski definition) is 6. The second kappa shape index (κ2) is 17.0. The third-order valence-corrected chi connectivity index (χ3v) is 14.7. The highest BCUT2D eigenvalue weighted by Gasteiger charge is 2.49. The van der Waals surface area contributed by atoms with Crippen LogP contribution in [-0.4, -0.2) is 41.1 Å². The maximum atomic E-state index is 6.20. The third-order valence-electron chi connectivity index (χ3n) is 14.6. The van der Waals surface area contributed by atoms with Gasteiger partial charge >= 0.3 is 0 Å². The molecule has 0 aliphatic carbocycles. The van der Waals surface area contributed by atoms with Gasteiger partial charge in [0.2, 0.25) is 0 Å². The molecule has 0 spiro atoms. The van der Waals surface area contributed by atoms with Crippen LogP contribution in [0.4, 0.5) is 0 Å². The molecule has 2 N–H and O–H groups in total. The van der Waals surface area contributed by atoms with Crippen LogP contribution < -0.4 is 0 Å². The first-order valence-corrected chi connectivity index (χ1v) is 24.6. The van der Waals surface area contributed by atoms with Gasteiger partial charge in [0.25, 0.3) is 0 Å². The number of halogens is 1. The smallest absolute Gasteiger partial charge is 0.185 e. The summed E-state index contributed by atoms with van der Waals surface area (Å²) in [6, 6.07) is 63.6. The number of hydrogen-bond donors (Lipinski definition) is 2. The van der Waals surface area contributed by atoms with Crippen molar-refractivity contribution in [2.75, 3.05) is 0 Å². The van der Waals surface area contributed by atoms with Gasteiger partial charge in [0, 0.05) is 54.7 Å². The van der Waals surface area contributed by atoms with Crippen molar-refractivity contribution in [3.05, 3.63) is 205 Å². The standard InChI is InChI=1S/C28H17N3.C23H23NO2.C12H7ClN2/c1-2-6-18-12-25-23(11-17(18)5-1)22-10-9-21(15-24(22)30-25)28-16-29-26-13-19-7-3-4-8-20(19)14-27(26)31-28;1-22(2)23(3,4)26-21(25-22)16-9-10-17-18-11-14-7-5-6-8-15(14)12-20(18)24-19(17)13-16;13-12-7-14-10-5-8-3-1-2-4-9(8)6-11(10)15-12/h1-16,30H;5-13,21,24H,1-4H3;1-7H. The van der Waals surface area contributed by atoms with E-state index in [1.165, 1.54) is 59.2 Å². The molecule has 0 bridgehead atoms. The molecule has 14 aromatic rings. The van der Waals surface area contributed by atoms with E-state index in [0.29, 0.717) is 5.15 Å². The van der Waals surface area contributed by atoms with Gasteiger partial charge in [-0.05, 0) is 131 Å². The first-order valence-electron chi connectivity index (χ1n) is 24.2. The Morgan fingerprint density at radius 3 is 1.32 bits per heavy atom. The number of aromatic nitrogens is 6. The molecule has 9 heteroatoms. The second-order valence-electron chi connectivity index (χ2n) is 19.7. The molecule has 0 amide bonds. The van der Waals surface area contributed by atoms with Crippen molar-refractivity contribution >= 4 is 120 Å². The zero-order valence-electron chi connectivity index (χ0n) is 40.0. The Kier molecular flexibility index (Phi) is 10.3. The average Bonchev–Trinajstić information content (AvgIpc) is 4.01. The molecule has 1 aliphatic heterocycles. The first kappa shape index (κ1) is 43.7. The van der Waals surface area contributed by atoms with Gasteiger partial charge in [0.15, 0.2) is 6.29 Å². The van der Waals surface area contributed by atoms with E-state index in [0.717, 1.165) is 66.3 Å². The van der Waals surface area contributed by atoms with Crippen molar-refractivity contribution in [1.82, 2.24) is 29.9 Å². The van der Waals surface area contributed by atoms with E-state index >= 15 is 0 Å². The zero-order chi connectivity index (χ0) is 48.7. The molecule has 15 rings (SSSR count). The highest BCUT2D eigenvalue weighted by molar-refractivity contribution is 6.29. The summed E-state index contributed by atoms with van der Waals surface area (Å²) in [5.74, 6) is 0. The van der Waals surface area contributed by atoms with Gasteiger partial charge in [-0.1, -0.05) is 133 Å². The largest absolute Gasteiger partial charge is 0.354 e. The highest BCUT2D eigenvalue weighted by Crippen LogP contribution is 2.45. The van der Waals surface area contributed by atoms with Crippen LogP contribution in [0, 0.1) is 0 Å². The van der Waals surface area contributed by atoms with Crippen LogP contribution in [0.5, 0.6) is 0 Å². The molecular formula is C63H47ClN6O2. The van der Waals surface area contributed by atoms with Gasteiger partial charge in [-0.15, -0.1) is 0 Å². The summed E-state index contributed by atoms with van der Waals surface area (Å²) in [7, 11) is 0. The number of nitrogens with zero attached hydrogens (tertiary/aromatic N) is 4. The van der Waals surface area contributed by atoms with Gasteiger partial charge in [-0.25, -0.2) is 9.97 Å². The summed E-state index contributed by atoms with van der Waals surface area (Å²) in [6.07, 6.45) is 3.10. The van der Waals surface area contributed by atoms with Gasteiger partial charge < -0.3 is 19.4 Å². The second-order valence-corrected chi connectivity index (χ2v) is 20.1. The molecule has 1 aliphatic rings. The van der Waals surface area contributed by atoms with Crippen LogP contribution >= 0.6 is 11.6 Å². The van der Waals surface area contributed by atoms with Crippen molar-refractivity contribution in [2.45, 2.75) is 45.2 Å². The molecular weight excluding hydrogens is 908 g/mol. The monoisotopic (exact) mass is 954 g/mol. The fourth-order valence-electron chi connectivity index (χ4n) is 10.0. The third kappa shape index (κ3) is 7.81. The Labute approximate surface area is 419 Å². The fraction of sp³-hybridized carbons (Fsp3) is 0.111. The minimum Gasteiger partial charge on any atom is -0.354 e. The number of fused-ring (bicyclic) bond motifs is 12. The van der Waals surface area contributed by atoms with Crippen LogP contribution in [0.2, 0.25) is 5.15 Å². The predicted octanol–water partition coefficient (Wildman–Crippen LogP) is 16.8. The van der Waals surface area contributed by atoms with Crippen LogP contribution in [0.3, 0.4) is 0 Å². The summed E-state index contributed by atoms with van der Waals surface area (Å²) in [4.78, 5) is 25.2. The normalized spacial score (nSPS) is 14.5. The summed E-state index contributed by atoms with van der Waals surface area (Å²) < 4.78 is 12.4. The Balaban J connectivity index is 0.000000111.